The molecule has 0 aromatic carbocycles. The number of carboxylic acid groups (broad SMARTS) is 1. The zero-order chi connectivity index (χ0) is 19.8. The Bertz CT molecular complexity index is 519. The maximum Gasteiger partial charge on any atom is 0.323 e. The smallest absolute Gasteiger partial charge is 0.323 e. The summed E-state index contributed by atoms with van der Waals surface area (Å²) >= 11 is 0. The first kappa shape index (κ1) is 21.7. The van der Waals surface area contributed by atoms with Gasteiger partial charge in [0.25, 0.3) is 5.91 Å². The molecule has 1 saturated carbocycles. The summed E-state index contributed by atoms with van der Waals surface area (Å²) in [4.78, 5) is 39.1. The molecule has 154 valence electrons. The maximum atomic E-state index is 13.0. The minimum atomic E-state index is -1.01. The van der Waals surface area contributed by atoms with Gasteiger partial charge >= 0.3 is 5.97 Å². The van der Waals surface area contributed by atoms with Crippen molar-refractivity contribution in [2.75, 3.05) is 19.6 Å². The molecular weight excluding hydrogens is 348 g/mol. The third-order valence-electron chi connectivity index (χ3n) is 5.72. The Morgan fingerprint density at radius 3 is 2.37 bits per heavy atom. The molecule has 0 bridgehead atoms. The highest BCUT2D eigenvalue weighted by atomic mass is 16.5. The lowest BCUT2D eigenvalue weighted by Crippen LogP contribution is -2.44. The van der Waals surface area contributed by atoms with Gasteiger partial charge in [0.1, 0.15) is 12.6 Å². The summed E-state index contributed by atoms with van der Waals surface area (Å²) in [5.41, 5.74) is 0. The highest BCUT2D eigenvalue weighted by Crippen LogP contribution is 2.24. The largest absolute Gasteiger partial charge is 0.480 e. The van der Waals surface area contributed by atoms with Gasteiger partial charge in [-0.05, 0) is 38.5 Å². The number of amides is 2. The molecule has 7 heteroatoms. The standard InChI is InChI=1S/C20H34N2O5/c1-3-18(27-17-9-5-4-6-10-17)20(26)21-12-7-8-16(11-13-21)22(15(2)23)14-19(24)25/h16-18H,3-14H2,1-2H3,(H,24,25). The van der Waals surface area contributed by atoms with Crippen molar-refractivity contribution in [1.82, 2.24) is 9.80 Å². The van der Waals surface area contributed by atoms with E-state index in [0.717, 1.165) is 25.7 Å². The van der Waals surface area contributed by atoms with E-state index in [9.17, 15) is 14.4 Å². The summed E-state index contributed by atoms with van der Waals surface area (Å²) in [5, 5.41) is 9.06. The van der Waals surface area contributed by atoms with E-state index in [1.54, 1.807) is 0 Å². The van der Waals surface area contributed by atoms with Crippen LogP contribution in [0.25, 0.3) is 0 Å². The van der Waals surface area contributed by atoms with Crippen molar-refractivity contribution in [2.24, 2.45) is 0 Å². The van der Waals surface area contributed by atoms with E-state index in [1.165, 1.54) is 31.1 Å². The van der Waals surface area contributed by atoms with Crippen LogP contribution in [0.15, 0.2) is 0 Å². The monoisotopic (exact) mass is 382 g/mol. The lowest BCUT2D eigenvalue weighted by atomic mass is 9.97. The van der Waals surface area contributed by atoms with Gasteiger partial charge in [0.2, 0.25) is 5.91 Å². The number of likely N-dealkylation sites (tertiary alicyclic amines) is 1. The number of carbonyl (C=O) groups is 3. The minimum Gasteiger partial charge on any atom is -0.480 e. The van der Waals surface area contributed by atoms with Crippen LogP contribution in [0.3, 0.4) is 0 Å². The molecule has 2 unspecified atom stereocenters. The average Bonchev–Trinajstić information content (AvgIpc) is 2.90. The summed E-state index contributed by atoms with van der Waals surface area (Å²) in [7, 11) is 0. The second kappa shape index (κ2) is 10.6. The van der Waals surface area contributed by atoms with Crippen LogP contribution in [0.5, 0.6) is 0 Å². The van der Waals surface area contributed by atoms with Gasteiger partial charge in [-0.1, -0.05) is 26.2 Å². The molecule has 27 heavy (non-hydrogen) atoms. The summed E-state index contributed by atoms with van der Waals surface area (Å²) in [5.74, 6) is -1.19. The number of hydrogen-bond acceptors (Lipinski definition) is 4. The Balaban J connectivity index is 1.93. The van der Waals surface area contributed by atoms with Gasteiger partial charge in [-0.15, -0.1) is 0 Å². The van der Waals surface area contributed by atoms with Gasteiger partial charge < -0.3 is 19.6 Å². The van der Waals surface area contributed by atoms with E-state index in [2.05, 4.69) is 0 Å². The van der Waals surface area contributed by atoms with Crippen LogP contribution in [-0.2, 0) is 19.1 Å². The molecule has 0 aromatic heterocycles. The number of hydrogen-bond donors (Lipinski definition) is 1. The molecule has 0 spiro atoms. The van der Waals surface area contributed by atoms with Gasteiger partial charge in [-0.3, -0.25) is 14.4 Å². The summed E-state index contributed by atoms with van der Waals surface area (Å²) < 4.78 is 6.13. The predicted molar refractivity (Wildman–Crippen MR) is 101 cm³/mol. The highest BCUT2D eigenvalue weighted by Gasteiger charge is 2.31. The van der Waals surface area contributed by atoms with E-state index in [0.29, 0.717) is 25.9 Å². The van der Waals surface area contributed by atoms with Gasteiger partial charge in [0, 0.05) is 26.1 Å². The van der Waals surface area contributed by atoms with Crippen molar-refractivity contribution in [3.05, 3.63) is 0 Å². The molecule has 2 rings (SSSR count). The summed E-state index contributed by atoms with van der Waals surface area (Å²) in [6, 6.07) is -0.129. The van der Waals surface area contributed by atoms with Crippen LogP contribution in [0.4, 0.5) is 0 Å². The topological polar surface area (TPSA) is 87.2 Å². The Kier molecular flexibility index (Phi) is 8.54. The Labute approximate surface area is 162 Å². The number of carboxylic acids is 1. The number of carbonyl (C=O) groups excluding carboxylic acids is 2. The molecule has 1 N–H and O–H groups in total. The number of ether oxygens (including phenoxy) is 1. The van der Waals surface area contributed by atoms with Crippen LogP contribution in [-0.4, -0.2) is 70.6 Å². The number of rotatable bonds is 7. The first-order valence-electron chi connectivity index (χ1n) is 10.4. The molecule has 2 fully saturated rings. The van der Waals surface area contributed by atoms with Gasteiger partial charge in [-0.2, -0.15) is 0 Å². The lowest BCUT2D eigenvalue weighted by molar-refractivity contribution is -0.149. The first-order valence-corrected chi connectivity index (χ1v) is 10.4. The van der Waals surface area contributed by atoms with Crippen LogP contribution < -0.4 is 0 Å². The maximum absolute atomic E-state index is 13.0. The van der Waals surface area contributed by atoms with Crippen molar-refractivity contribution in [2.45, 2.75) is 89.9 Å². The summed E-state index contributed by atoms with van der Waals surface area (Å²) in [6.07, 6.45) is 8.22. The second-order valence-electron chi connectivity index (χ2n) is 7.74. The van der Waals surface area contributed by atoms with Gasteiger partial charge in [0.05, 0.1) is 6.10 Å². The van der Waals surface area contributed by atoms with E-state index >= 15 is 0 Å². The number of aliphatic carboxylic acids is 1. The molecule has 7 nitrogen and oxygen atoms in total. The molecular formula is C20H34N2O5. The minimum absolute atomic E-state index is 0.0383. The second-order valence-corrected chi connectivity index (χ2v) is 7.74. The van der Waals surface area contributed by atoms with E-state index in [1.807, 2.05) is 11.8 Å². The lowest BCUT2D eigenvalue weighted by Gasteiger charge is -2.31. The fourth-order valence-electron chi connectivity index (χ4n) is 4.22. The van der Waals surface area contributed by atoms with E-state index in [-0.39, 0.29) is 30.5 Å². The molecule has 0 radical (unpaired) electrons. The normalized spacial score (nSPS) is 22.7. The van der Waals surface area contributed by atoms with Crippen molar-refractivity contribution >= 4 is 17.8 Å². The Morgan fingerprint density at radius 1 is 1.07 bits per heavy atom. The van der Waals surface area contributed by atoms with Crippen LogP contribution >= 0.6 is 0 Å². The molecule has 2 amide bonds. The molecule has 1 heterocycles. The third-order valence-corrected chi connectivity index (χ3v) is 5.72. The molecule has 1 saturated heterocycles. The molecule has 1 aliphatic heterocycles. The highest BCUT2D eigenvalue weighted by molar-refractivity contribution is 5.81. The molecule has 2 atom stereocenters. The molecule has 2 aliphatic rings. The quantitative estimate of drug-likeness (QED) is 0.731. The van der Waals surface area contributed by atoms with Crippen LogP contribution in [0.2, 0.25) is 0 Å². The fraction of sp³-hybridized carbons (Fsp3) is 0.850. The first-order chi connectivity index (χ1) is 12.9. The van der Waals surface area contributed by atoms with Crippen molar-refractivity contribution < 1.29 is 24.2 Å². The molecule has 1 aliphatic carbocycles. The third kappa shape index (κ3) is 6.48. The van der Waals surface area contributed by atoms with Gasteiger partial charge in [-0.25, -0.2) is 0 Å². The predicted octanol–water partition coefficient (Wildman–Crippen LogP) is 2.43. The zero-order valence-electron chi connectivity index (χ0n) is 16.7. The SMILES string of the molecule is CCC(OC1CCCCC1)C(=O)N1CCCC(N(CC(=O)O)C(C)=O)CC1. The van der Waals surface area contributed by atoms with Crippen LogP contribution in [0, 0.1) is 0 Å². The molecule has 0 aromatic rings. The fourth-order valence-corrected chi connectivity index (χ4v) is 4.22. The average molecular weight is 383 g/mol. The van der Waals surface area contributed by atoms with Crippen molar-refractivity contribution in [3.63, 3.8) is 0 Å². The summed E-state index contributed by atoms with van der Waals surface area (Å²) in [6.45, 7) is 4.28. The Hall–Kier alpha value is -1.63. The number of nitrogens with zero attached hydrogens (tertiary/aromatic N) is 2. The van der Waals surface area contributed by atoms with Crippen molar-refractivity contribution in [3.8, 4) is 0 Å². The van der Waals surface area contributed by atoms with Gasteiger partial charge in [0.15, 0.2) is 0 Å². The van der Waals surface area contributed by atoms with Crippen LogP contribution in [0.1, 0.15) is 71.6 Å². The van der Waals surface area contributed by atoms with E-state index in [4.69, 9.17) is 9.84 Å². The zero-order valence-corrected chi connectivity index (χ0v) is 16.7. The van der Waals surface area contributed by atoms with Crippen molar-refractivity contribution in [1.29, 1.82) is 0 Å². The Morgan fingerprint density at radius 2 is 1.78 bits per heavy atom. The van der Waals surface area contributed by atoms with E-state index < -0.39 is 12.1 Å².